The lowest BCUT2D eigenvalue weighted by Gasteiger charge is -2.28. The maximum Gasteiger partial charge on any atom is 0.231 e. The van der Waals surface area contributed by atoms with Gasteiger partial charge in [-0.2, -0.15) is 0 Å². The molecule has 2 N–H and O–H groups in total. The van der Waals surface area contributed by atoms with Crippen LogP contribution >= 0.6 is 0 Å². The molecule has 1 aliphatic heterocycles. The Bertz CT molecular complexity index is 392. The fourth-order valence-electron chi connectivity index (χ4n) is 2.72. The third kappa shape index (κ3) is 1.65. The fraction of sp³-hybridized carbons (Fsp3) is 0.538. The third-order valence-corrected chi connectivity index (χ3v) is 3.64. The van der Waals surface area contributed by atoms with Gasteiger partial charge in [0.15, 0.2) is 11.5 Å². The first-order chi connectivity index (χ1) is 7.84. The van der Waals surface area contributed by atoms with Gasteiger partial charge in [-0.15, -0.1) is 0 Å². The normalized spacial score (nSPS) is 28.1. The molecule has 3 nitrogen and oxygen atoms in total. The molecule has 0 bridgehead atoms. The van der Waals surface area contributed by atoms with Crippen molar-refractivity contribution in [3.05, 3.63) is 23.8 Å². The van der Waals surface area contributed by atoms with Crippen molar-refractivity contribution < 1.29 is 9.47 Å². The van der Waals surface area contributed by atoms with Crippen molar-refractivity contribution in [2.24, 2.45) is 5.73 Å². The van der Waals surface area contributed by atoms with Gasteiger partial charge in [-0.1, -0.05) is 18.9 Å². The highest BCUT2D eigenvalue weighted by atomic mass is 16.7. The van der Waals surface area contributed by atoms with Crippen LogP contribution in [0.4, 0.5) is 0 Å². The van der Waals surface area contributed by atoms with Crippen LogP contribution < -0.4 is 15.2 Å². The van der Waals surface area contributed by atoms with E-state index >= 15 is 0 Å². The van der Waals surface area contributed by atoms with Crippen molar-refractivity contribution >= 4 is 0 Å². The molecule has 1 aromatic carbocycles. The van der Waals surface area contributed by atoms with Crippen molar-refractivity contribution in [1.82, 2.24) is 0 Å². The molecule has 3 heteroatoms. The molecule has 1 heterocycles. The van der Waals surface area contributed by atoms with Crippen LogP contribution in [0.25, 0.3) is 0 Å². The Labute approximate surface area is 95.5 Å². The molecular formula is C13H17NO2. The van der Waals surface area contributed by atoms with Crippen molar-refractivity contribution in [2.75, 3.05) is 6.79 Å². The summed E-state index contributed by atoms with van der Waals surface area (Å²) in [5.74, 6) is 2.21. The summed E-state index contributed by atoms with van der Waals surface area (Å²) in [6, 6.07) is 6.52. The van der Waals surface area contributed by atoms with Gasteiger partial charge >= 0.3 is 0 Å². The molecule has 0 amide bonds. The van der Waals surface area contributed by atoms with Crippen LogP contribution in [0.2, 0.25) is 0 Å². The first-order valence-electron chi connectivity index (χ1n) is 6.00. The topological polar surface area (TPSA) is 44.5 Å². The second-order valence-corrected chi connectivity index (χ2v) is 4.67. The lowest BCUT2D eigenvalue weighted by molar-refractivity contribution is 0.174. The predicted octanol–water partition coefficient (Wildman–Crippen LogP) is 2.40. The van der Waals surface area contributed by atoms with E-state index in [1.807, 2.05) is 6.07 Å². The summed E-state index contributed by atoms with van der Waals surface area (Å²) < 4.78 is 10.7. The zero-order valence-corrected chi connectivity index (χ0v) is 9.32. The summed E-state index contributed by atoms with van der Waals surface area (Å²) >= 11 is 0. The predicted molar refractivity (Wildman–Crippen MR) is 61.7 cm³/mol. The Kier molecular flexibility index (Phi) is 2.48. The number of fused-ring (bicyclic) bond motifs is 1. The van der Waals surface area contributed by atoms with Gasteiger partial charge in [0.1, 0.15) is 0 Å². The summed E-state index contributed by atoms with van der Waals surface area (Å²) in [5, 5.41) is 0. The lowest BCUT2D eigenvalue weighted by Crippen LogP contribution is -2.31. The molecule has 2 aliphatic rings. The minimum absolute atomic E-state index is 0.300. The number of benzene rings is 1. The molecule has 0 spiro atoms. The van der Waals surface area contributed by atoms with E-state index in [0.717, 1.165) is 17.9 Å². The Morgan fingerprint density at radius 1 is 1.06 bits per heavy atom. The van der Waals surface area contributed by atoms with Crippen LogP contribution in [-0.2, 0) is 0 Å². The summed E-state index contributed by atoms with van der Waals surface area (Å²) in [5.41, 5.74) is 7.49. The maximum absolute atomic E-state index is 6.18. The largest absolute Gasteiger partial charge is 0.454 e. The molecule has 1 aromatic rings. The number of hydrogen-bond donors (Lipinski definition) is 1. The van der Waals surface area contributed by atoms with Crippen molar-refractivity contribution in [3.8, 4) is 11.5 Å². The summed E-state index contributed by atoms with van der Waals surface area (Å²) in [7, 11) is 0. The van der Waals surface area contributed by atoms with Gasteiger partial charge in [0, 0.05) is 6.04 Å². The zero-order valence-electron chi connectivity index (χ0n) is 9.32. The van der Waals surface area contributed by atoms with Crippen LogP contribution in [0, 0.1) is 0 Å². The van der Waals surface area contributed by atoms with Gasteiger partial charge in [-0.25, -0.2) is 0 Å². The fourth-order valence-corrected chi connectivity index (χ4v) is 2.72. The Morgan fingerprint density at radius 2 is 1.88 bits per heavy atom. The maximum atomic E-state index is 6.18. The third-order valence-electron chi connectivity index (χ3n) is 3.64. The average Bonchev–Trinajstić information content (AvgIpc) is 2.76. The molecular weight excluding hydrogens is 202 g/mol. The quantitative estimate of drug-likeness (QED) is 0.788. The molecule has 16 heavy (non-hydrogen) atoms. The second kappa shape index (κ2) is 3.98. The van der Waals surface area contributed by atoms with Gasteiger partial charge in [-0.05, 0) is 36.5 Å². The van der Waals surface area contributed by atoms with E-state index in [0.29, 0.717) is 18.8 Å². The van der Waals surface area contributed by atoms with Crippen LogP contribution in [0.3, 0.4) is 0 Å². The molecule has 1 aliphatic carbocycles. The van der Waals surface area contributed by atoms with Gasteiger partial charge in [-0.3, -0.25) is 0 Å². The Morgan fingerprint density at radius 3 is 2.75 bits per heavy atom. The molecule has 1 saturated carbocycles. The highest BCUT2D eigenvalue weighted by Gasteiger charge is 2.25. The van der Waals surface area contributed by atoms with Crippen LogP contribution in [0.15, 0.2) is 18.2 Å². The summed E-state index contributed by atoms with van der Waals surface area (Å²) in [6.45, 7) is 0.343. The molecule has 2 unspecified atom stereocenters. The minimum Gasteiger partial charge on any atom is -0.454 e. The van der Waals surface area contributed by atoms with Gasteiger partial charge in [0.05, 0.1) is 0 Å². The number of rotatable bonds is 1. The molecule has 0 saturated heterocycles. The second-order valence-electron chi connectivity index (χ2n) is 4.67. The molecule has 1 fully saturated rings. The Balaban J connectivity index is 1.88. The van der Waals surface area contributed by atoms with E-state index in [9.17, 15) is 0 Å². The SMILES string of the molecule is NC1CCCCC1c1ccc2c(c1)OCO2. The zero-order chi connectivity index (χ0) is 11.0. The number of nitrogens with two attached hydrogens (primary N) is 1. The number of hydrogen-bond acceptors (Lipinski definition) is 3. The standard InChI is InChI=1S/C13H17NO2/c14-11-4-2-1-3-10(11)9-5-6-12-13(7-9)16-8-15-12/h5-7,10-11H,1-4,8,14H2. The highest BCUT2D eigenvalue weighted by molar-refractivity contribution is 5.45. The van der Waals surface area contributed by atoms with E-state index < -0.39 is 0 Å². The van der Waals surface area contributed by atoms with Gasteiger partial charge in [0.25, 0.3) is 0 Å². The summed E-state index contributed by atoms with van der Waals surface area (Å²) in [4.78, 5) is 0. The molecule has 86 valence electrons. The minimum atomic E-state index is 0.300. The first-order valence-corrected chi connectivity index (χ1v) is 6.00. The smallest absolute Gasteiger partial charge is 0.231 e. The van der Waals surface area contributed by atoms with Crippen LogP contribution in [0.5, 0.6) is 11.5 Å². The Hall–Kier alpha value is -1.22. The van der Waals surface area contributed by atoms with Crippen LogP contribution in [0.1, 0.15) is 37.2 Å². The highest BCUT2D eigenvalue weighted by Crippen LogP contribution is 2.38. The monoisotopic (exact) mass is 219 g/mol. The van der Waals surface area contributed by atoms with Crippen molar-refractivity contribution in [1.29, 1.82) is 0 Å². The van der Waals surface area contributed by atoms with Crippen LogP contribution in [-0.4, -0.2) is 12.8 Å². The van der Waals surface area contributed by atoms with Crippen molar-refractivity contribution in [2.45, 2.75) is 37.6 Å². The van der Waals surface area contributed by atoms with E-state index in [2.05, 4.69) is 12.1 Å². The number of ether oxygens (including phenoxy) is 2. The lowest BCUT2D eigenvalue weighted by atomic mass is 9.80. The molecule has 0 aromatic heterocycles. The first kappa shape index (κ1) is 9.97. The summed E-state index contributed by atoms with van der Waals surface area (Å²) in [6.07, 6.45) is 4.88. The van der Waals surface area contributed by atoms with E-state index in [4.69, 9.17) is 15.2 Å². The van der Waals surface area contributed by atoms with Gasteiger partial charge < -0.3 is 15.2 Å². The molecule has 0 radical (unpaired) electrons. The van der Waals surface area contributed by atoms with E-state index in [-0.39, 0.29) is 0 Å². The molecule has 2 atom stereocenters. The van der Waals surface area contributed by atoms with E-state index in [1.165, 1.54) is 24.8 Å². The molecule has 3 rings (SSSR count). The van der Waals surface area contributed by atoms with Crippen molar-refractivity contribution in [3.63, 3.8) is 0 Å². The average molecular weight is 219 g/mol. The van der Waals surface area contributed by atoms with E-state index in [1.54, 1.807) is 0 Å². The van der Waals surface area contributed by atoms with Gasteiger partial charge in [0.2, 0.25) is 6.79 Å².